The Morgan fingerprint density at radius 2 is 1.01 bits per heavy atom. The van der Waals surface area contributed by atoms with Crippen LogP contribution in [-0.2, 0) is 10.8 Å². The summed E-state index contributed by atoms with van der Waals surface area (Å²) in [6.45, 7) is 6.83. The lowest BCUT2D eigenvalue weighted by atomic mass is 9.42. The van der Waals surface area contributed by atoms with Crippen LogP contribution in [0, 0.1) is 0 Å². The van der Waals surface area contributed by atoms with Crippen molar-refractivity contribution in [3.05, 3.63) is 246 Å². The average molecular weight is 929 g/mol. The summed E-state index contributed by atoms with van der Waals surface area (Å²) in [5.41, 5.74) is 19.8. The maximum absolute atomic E-state index is 2.79. The van der Waals surface area contributed by atoms with Crippen LogP contribution in [0.1, 0.15) is 48.6 Å². The van der Waals surface area contributed by atoms with Gasteiger partial charge in [-0.3, -0.25) is 0 Å². The second-order valence-electron chi connectivity index (χ2n) is 20.3. The minimum absolute atomic E-state index is 0.0430. The molecular formula is C65H45BN2S2. The van der Waals surface area contributed by atoms with E-state index in [0.29, 0.717) is 0 Å². The number of fused-ring (bicyclic) bond motifs is 14. The Morgan fingerprint density at radius 1 is 0.414 bits per heavy atom. The number of hydrogen-bond donors (Lipinski definition) is 0. The zero-order valence-corrected chi connectivity index (χ0v) is 40.7. The Kier molecular flexibility index (Phi) is 8.42. The summed E-state index contributed by atoms with van der Waals surface area (Å²) in [6, 6.07) is 83.0. The summed E-state index contributed by atoms with van der Waals surface area (Å²) < 4.78 is 5.28. The van der Waals surface area contributed by atoms with E-state index in [-0.39, 0.29) is 12.3 Å². The van der Waals surface area contributed by atoms with Crippen molar-refractivity contribution in [2.24, 2.45) is 0 Å². The molecule has 0 radical (unpaired) electrons. The zero-order chi connectivity index (χ0) is 46.5. The van der Waals surface area contributed by atoms with Crippen molar-refractivity contribution >= 4 is 109 Å². The minimum Gasteiger partial charge on any atom is -0.376 e. The summed E-state index contributed by atoms with van der Waals surface area (Å²) in [5, 5.41) is 5.23. The van der Waals surface area contributed by atoms with Gasteiger partial charge in [0.2, 0.25) is 0 Å². The van der Waals surface area contributed by atoms with Crippen LogP contribution in [0.3, 0.4) is 0 Å². The van der Waals surface area contributed by atoms with E-state index in [0.717, 1.165) is 0 Å². The first-order valence-corrected chi connectivity index (χ1v) is 26.1. The van der Waals surface area contributed by atoms with E-state index in [4.69, 9.17) is 0 Å². The Labute approximate surface area is 416 Å². The first kappa shape index (κ1) is 40.2. The molecule has 12 aromatic rings. The predicted molar refractivity (Wildman–Crippen MR) is 302 cm³/mol. The predicted octanol–water partition coefficient (Wildman–Crippen LogP) is 16.8. The fourth-order valence-corrected chi connectivity index (χ4v) is 15.2. The molecule has 0 unspecified atom stereocenters. The van der Waals surface area contributed by atoms with Crippen molar-refractivity contribution in [2.75, 3.05) is 9.71 Å². The van der Waals surface area contributed by atoms with E-state index in [1.54, 1.807) is 0 Å². The van der Waals surface area contributed by atoms with Gasteiger partial charge >= 0.3 is 6.85 Å². The number of anilines is 5. The van der Waals surface area contributed by atoms with Crippen molar-refractivity contribution in [1.29, 1.82) is 0 Å². The minimum atomic E-state index is -0.590. The quantitative estimate of drug-likeness (QED) is 0.162. The van der Waals surface area contributed by atoms with Gasteiger partial charge in [0, 0.05) is 63.8 Å². The van der Waals surface area contributed by atoms with Crippen molar-refractivity contribution in [2.45, 2.75) is 31.6 Å². The van der Waals surface area contributed by atoms with E-state index < -0.39 is 5.41 Å². The molecule has 3 aliphatic rings. The van der Waals surface area contributed by atoms with E-state index >= 15 is 0 Å². The van der Waals surface area contributed by atoms with Crippen molar-refractivity contribution < 1.29 is 0 Å². The number of thiophene rings is 2. The highest BCUT2D eigenvalue weighted by atomic mass is 32.1. The molecule has 0 aliphatic carbocycles. The highest BCUT2D eigenvalue weighted by molar-refractivity contribution is 7.28. The Bertz CT molecular complexity index is 4090. The number of rotatable bonds is 4. The lowest BCUT2D eigenvalue weighted by Crippen LogP contribution is -2.63. The highest BCUT2D eigenvalue weighted by Gasteiger charge is 2.54. The molecule has 15 rings (SSSR count). The van der Waals surface area contributed by atoms with Gasteiger partial charge in [0.15, 0.2) is 0 Å². The lowest BCUT2D eigenvalue weighted by Gasteiger charge is -2.53. The maximum atomic E-state index is 2.79. The Morgan fingerprint density at radius 3 is 1.73 bits per heavy atom. The fraction of sp³-hybridized carbons (Fsp3) is 0.0769. The zero-order valence-electron chi connectivity index (χ0n) is 39.1. The monoisotopic (exact) mass is 928 g/mol. The summed E-state index contributed by atoms with van der Waals surface area (Å²) in [7, 11) is 0. The molecule has 5 heterocycles. The van der Waals surface area contributed by atoms with Crippen LogP contribution < -0.4 is 20.6 Å². The van der Waals surface area contributed by atoms with Crippen molar-refractivity contribution in [3.63, 3.8) is 0 Å². The van der Waals surface area contributed by atoms with Crippen LogP contribution in [0.25, 0.3) is 62.6 Å². The van der Waals surface area contributed by atoms with Gasteiger partial charge in [0.1, 0.15) is 0 Å². The summed E-state index contributed by atoms with van der Waals surface area (Å²) in [4.78, 5) is 5.49. The Hall–Kier alpha value is -7.70. The average Bonchev–Trinajstić information content (AvgIpc) is 3.99. The molecule has 0 spiro atoms. The molecular weight excluding hydrogens is 884 g/mol. The normalized spacial score (nSPS) is 14.2. The highest BCUT2D eigenvalue weighted by Crippen LogP contribution is 2.62. The van der Waals surface area contributed by atoms with Gasteiger partial charge in [0.05, 0.1) is 21.5 Å². The summed E-state index contributed by atoms with van der Waals surface area (Å²) in [5.74, 6) is 0. The second-order valence-corrected chi connectivity index (χ2v) is 22.4. The Balaban J connectivity index is 1.16. The summed E-state index contributed by atoms with van der Waals surface area (Å²) in [6.07, 6.45) is 0. The van der Waals surface area contributed by atoms with Crippen molar-refractivity contribution in [3.8, 4) is 22.3 Å². The molecule has 2 aromatic heterocycles. The van der Waals surface area contributed by atoms with E-state index in [9.17, 15) is 0 Å². The van der Waals surface area contributed by atoms with Gasteiger partial charge in [-0.15, -0.1) is 22.7 Å². The smallest absolute Gasteiger partial charge is 0.334 e. The van der Waals surface area contributed by atoms with Gasteiger partial charge < -0.3 is 9.71 Å². The van der Waals surface area contributed by atoms with Crippen LogP contribution in [0.5, 0.6) is 0 Å². The maximum Gasteiger partial charge on any atom is 0.334 e. The molecule has 0 atom stereocenters. The molecule has 70 heavy (non-hydrogen) atoms. The van der Waals surface area contributed by atoms with Crippen LogP contribution in [0.4, 0.5) is 28.4 Å². The van der Waals surface area contributed by atoms with E-state index in [2.05, 4.69) is 249 Å². The molecule has 0 fully saturated rings. The third kappa shape index (κ3) is 5.34. The van der Waals surface area contributed by atoms with Crippen molar-refractivity contribution in [1.82, 2.24) is 0 Å². The molecule has 0 bridgehead atoms. The molecule has 2 nitrogen and oxygen atoms in total. The van der Waals surface area contributed by atoms with Gasteiger partial charge in [0.25, 0.3) is 0 Å². The first-order chi connectivity index (χ1) is 34.4. The third-order valence-electron chi connectivity index (χ3n) is 15.7. The molecule has 3 aliphatic heterocycles. The number of para-hydroxylation sites is 2. The molecule has 0 amide bonds. The first-order valence-electron chi connectivity index (χ1n) is 24.5. The number of benzene rings is 10. The molecule has 330 valence electrons. The third-order valence-corrected chi connectivity index (χ3v) is 18.1. The molecule has 10 aromatic carbocycles. The topological polar surface area (TPSA) is 6.48 Å². The van der Waals surface area contributed by atoms with Crippen LogP contribution in [-0.4, -0.2) is 6.85 Å². The SMILES string of the molecule is CC(C)(C)c1ccc(N2c3ccc4c(sc5ccccc54)c3B3c4c(cc5c(sc6ccccc65)c42)-c2cccc4c2N3c2ccccc2C4(c2ccccc2)c2ccccc2)c(-c2ccccc2)c1. The molecule has 5 heteroatoms. The van der Waals surface area contributed by atoms with Gasteiger partial charge in [-0.05, 0) is 97.7 Å². The van der Waals surface area contributed by atoms with E-state index in [1.165, 1.54) is 130 Å². The summed E-state index contributed by atoms with van der Waals surface area (Å²) >= 11 is 3.89. The number of hydrogen-bond acceptors (Lipinski definition) is 4. The standard InChI is InChI=1S/C65H45BN2S2/c1-64(2,3)43-34-36-53(48(38-43)40-20-7-4-8-21-40)67-55-37-35-47-44-26-13-17-32-56(44)69-62(47)59(55)66-58-49(39-50-45-27-14-18-33-57(45)70-63(50)61(58)67)46-28-19-30-52-60(46)68(66)54-31-16-15-29-51(54)65(52,41-22-9-5-10-23-41)42-24-11-6-12-25-42/h4-39H,1-3H3. The van der Waals surface area contributed by atoms with Gasteiger partial charge in [-0.2, -0.15) is 0 Å². The molecule has 0 N–H and O–H groups in total. The number of nitrogens with zero attached hydrogens (tertiary/aromatic N) is 2. The molecule has 0 saturated heterocycles. The largest absolute Gasteiger partial charge is 0.376 e. The van der Waals surface area contributed by atoms with Gasteiger partial charge in [-0.25, -0.2) is 0 Å². The van der Waals surface area contributed by atoms with Crippen LogP contribution >= 0.6 is 22.7 Å². The lowest BCUT2D eigenvalue weighted by molar-refractivity contribution is 0.590. The second kappa shape index (κ2) is 14.7. The van der Waals surface area contributed by atoms with Gasteiger partial charge in [-0.1, -0.05) is 197 Å². The van der Waals surface area contributed by atoms with E-state index in [1.807, 2.05) is 22.7 Å². The fourth-order valence-electron chi connectivity index (χ4n) is 12.7. The van der Waals surface area contributed by atoms with Crippen LogP contribution in [0.15, 0.2) is 218 Å². The van der Waals surface area contributed by atoms with Crippen LogP contribution in [0.2, 0.25) is 0 Å². The molecule has 0 saturated carbocycles.